The monoisotopic (exact) mass is 196 g/mol. The van der Waals surface area contributed by atoms with E-state index in [9.17, 15) is 14.7 Å². The molecule has 14 heavy (non-hydrogen) atoms. The van der Waals surface area contributed by atoms with Gasteiger partial charge in [-0.15, -0.1) is 0 Å². The van der Waals surface area contributed by atoms with Gasteiger partial charge in [-0.05, 0) is 12.5 Å². The summed E-state index contributed by atoms with van der Waals surface area (Å²) < 4.78 is 1.03. The quantitative estimate of drug-likeness (QED) is 0.651. The van der Waals surface area contributed by atoms with Gasteiger partial charge in [0.05, 0.1) is 0 Å². The lowest BCUT2D eigenvalue weighted by atomic mass is 10.1. The summed E-state index contributed by atoms with van der Waals surface area (Å²) in [6.07, 6.45) is 0. The van der Waals surface area contributed by atoms with Gasteiger partial charge in [0.1, 0.15) is 5.56 Å². The molecule has 0 aliphatic heterocycles. The van der Waals surface area contributed by atoms with Gasteiger partial charge >= 0.3 is 0 Å². The van der Waals surface area contributed by atoms with Crippen LogP contribution in [0, 0.1) is 6.92 Å². The Bertz CT molecular complexity index is 434. The van der Waals surface area contributed by atoms with Gasteiger partial charge in [0.15, 0.2) is 0 Å². The fraction of sp³-hybridized carbons (Fsp3) is 0.333. The minimum absolute atomic E-state index is 0.134. The molecule has 1 rings (SSSR count). The first-order valence-electron chi connectivity index (χ1n) is 4.10. The van der Waals surface area contributed by atoms with Crippen molar-refractivity contribution in [2.24, 2.45) is 7.05 Å². The smallest absolute Gasteiger partial charge is 0.256 e. The Labute approximate surface area is 81.0 Å². The lowest BCUT2D eigenvalue weighted by Gasteiger charge is -2.09. The van der Waals surface area contributed by atoms with Crippen molar-refractivity contribution in [1.29, 1.82) is 0 Å². The summed E-state index contributed by atoms with van der Waals surface area (Å²) in [5, 5.41) is 12.0. The molecule has 0 saturated heterocycles. The van der Waals surface area contributed by atoms with Gasteiger partial charge in [-0.25, -0.2) is 0 Å². The number of aromatic hydroxyl groups is 1. The van der Waals surface area contributed by atoms with Crippen molar-refractivity contribution in [2.75, 3.05) is 7.05 Å². The Morgan fingerprint density at radius 2 is 2.14 bits per heavy atom. The van der Waals surface area contributed by atoms with Gasteiger partial charge in [0.2, 0.25) is 5.88 Å². The maximum atomic E-state index is 11.3. The number of carbonyl (C=O) groups excluding carboxylic acids is 1. The molecule has 1 amide bonds. The van der Waals surface area contributed by atoms with E-state index in [2.05, 4.69) is 5.32 Å². The fourth-order valence-electron chi connectivity index (χ4n) is 1.21. The lowest BCUT2D eigenvalue weighted by molar-refractivity contribution is 0.0958. The highest BCUT2D eigenvalue weighted by molar-refractivity contribution is 5.97. The largest absolute Gasteiger partial charge is 0.494 e. The molecular formula is C9H12N2O3. The van der Waals surface area contributed by atoms with Crippen molar-refractivity contribution in [3.8, 4) is 5.88 Å². The molecule has 0 radical (unpaired) electrons. The number of hydrogen-bond acceptors (Lipinski definition) is 3. The van der Waals surface area contributed by atoms with Crippen LogP contribution in [0.4, 0.5) is 0 Å². The van der Waals surface area contributed by atoms with Crippen LogP contribution in [0.3, 0.4) is 0 Å². The van der Waals surface area contributed by atoms with Crippen molar-refractivity contribution in [3.05, 3.63) is 27.5 Å². The molecule has 0 aliphatic carbocycles. The van der Waals surface area contributed by atoms with E-state index >= 15 is 0 Å². The van der Waals surface area contributed by atoms with E-state index < -0.39 is 5.91 Å². The highest BCUT2D eigenvalue weighted by Crippen LogP contribution is 2.16. The van der Waals surface area contributed by atoms with Crippen LogP contribution in [0.15, 0.2) is 10.9 Å². The maximum absolute atomic E-state index is 11.3. The van der Waals surface area contributed by atoms with E-state index in [4.69, 9.17) is 0 Å². The Morgan fingerprint density at radius 1 is 1.57 bits per heavy atom. The van der Waals surface area contributed by atoms with Crippen LogP contribution in [0.2, 0.25) is 0 Å². The highest BCUT2D eigenvalue weighted by Gasteiger charge is 2.16. The average Bonchev–Trinajstić information content (AvgIpc) is 2.14. The van der Waals surface area contributed by atoms with Crippen LogP contribution in [0.5, 0.6) is 5.88 Å². The van der Waals surface area contributed by atoms with Crippen molar-refractivity contribution < 1.29 is 9.90 Å². The standard InChI is InChI=1S/C9H12N2O3/c1-5-4-6(12)11(3)9(14)7(5)8(13)10-2/h4,14H,1-3H3,(H,10,13). The molecule has 76 valence electrons. The van der Waals surface area contributed by atoms with Crippen LogP contribution < -0.4 is 10.9 Å². The molecule has 0 atom stereocenters. The number of carbonyl (C=O) groups is 1. The van der Waals surface area contributed by atoms with Crippen LogP contribution in [-0.2, 0) is 7.05 Å². The molecule has 0 unspecified atom stereocenters. The predicted octanol–water partition coefficient (Wildman–Crippen LogP) is -0.241. The number of pyridine rings is 1. The molecule has 0 saturated carbocycles. The summed E-state index contributed by atoms with van der Waals surface area (Å²) in [6.45, 7) is 1.60. The van der Waals surface area contributed by atoms with Crippen molar-refractivity contribution in [1.82, 2.24) is 9.88 Å². The first kappa shape index (κ1) is 10.3. The number of amides is 1. The highest BCUT2D eigenvalue weighted by atomic mass is 16.3. The Kier molecular flexibility index (Phi) is 2.60. The van der Waals surface area contributed by atoms with Crippen molar-refractivity contribution in [2.45, 2.75) is 6.92 Å². The van der Waals surface area contributed by atoms with Gasteiger partial charge in [-0.2, -0.15) is 0 Å². The molecule has 0 aliphatic rings. The van der Waals surface area contributed by atoms with Crippen LogP contribution in [-0.4, -0.2) is 22.6 Å². The molecule has 5 heteroatoms. The summed E-state index contributed by atoms with van der Waals surface area (Å²) in [4.78, 5) is 22.5. The lowest BCUT2D eigenvalue weighted by Crippen LogP contribution is -2.24. The number of hydrogen-bond donors (Lipinski definition) is 2. The van der Waals surface area contributed by atoms with E-state index in [0.29, 0.717) is 5.56 Å². The molecule has 1 heterocycles. The van der Waals surface area contributed by atoms with E-state index in [1.807, 2.05) is 0 Å². The predicted molar refractivity (Wildman–Crippen MR) is 51.5 cm³/mol. The third kappa shape index (κ3) is 1.48. The summed E-state index contributed by atoms with van der Waals surface area (Å²) in [7, 11) is 2.87. The molecule has 5 nitrogen and oxygen atoms in total. The number of nitrogens with one attached hydrogen (secondary N) is 1. The third-order valence-electron chi connectivity index (χ3n) is 2.06. The normalized spacial score (nSPS) is 9.93. The van der Waals surface area contributed by atoms with E-state index in [1.165, 1.54) is 20.2 Å². The van der Waals surface area contributed by atoms with E-state index in [1.54, 1.807) is 6.92 Å². The second-order valence-electron chi connectivity index (χ2n) is 3.00. The first-order chi connectivity index (χ1) is 6.49. The third-order valence-corrected chi connectivity index (χ3v) is 2.06. The second kappa shape index (κ2) is 3.53. The molecule has 1 aromatic heterocycles. The molecule has 0 bridgehead atoms. The zero-order chi connectivity index (χ0) is 10.9. The van der Waals surface area contributed by atoms with Gasteiger partial charge in [-0.3, -0.25) is 14.2 Å². The molecule has 0 aromatic carbocycles. The fourth-order valence-corrected chi connectivity index (χ4v) is 1.21. The minimum Gasteiger partial charge on any atom is -0.494 e. The summed E-state index contributed by atoms with van der Waals surface area (Å²) in [5.41, 5.74) is 0.257. The van der Waals surface area contributed by atoms with Crippen LogP contribution in [0.25, 0.3) is 0 Å². The van der Waals surface area contributed by atoms with Crippen molar-refractivity contribution in [3.63, 3.8) is 0 Å². The Balaban J connectivity index is 3.52. The summed E-state index contributed by atoms with van der Waals surface area (Å²) >= 11 is 0. The molecule has 1 aromatic rings. The summed E-state index contributed by atoms with van der Waals surface area (Å²) in [5.74, 6) is -0.718. The van der Waals surface area contributed by atoms with E-state index in [-0.39, 0.29) is 17.0 Å². The number of rotatable bonds is 1. The average molecular weight is 196 g/mol. The molecule has 0 spiro atoms. The Morgan fingerprint density at radius 3 is 2.64 bits per heavy atom. The first-order valence-corrected chi connectivity index (χ1v) is 4.10. The maximum Gasteiger partial charge on any atom is 0.256 e. The van der Waals surface area contributed by atoms with Gasteiger partial charge in [0, 0.05) is 20.2 Å². The van der Waals surface area contributed by atoms with E-state index in [0.717, 1.165) is 4.57 Å². The zero-order valence-electron chi connectivity index (χ0n) is 8.29. The number of aryl methyl sites for hydroxylation is 1. The number of aromatic nitrogens is 1. The van der Waals surface area contributed by atoms with Gasteiger partial charge in [-0.1, -0.05) is 0 Å². The zero-order valence-corrected chi connectivity index (χ0v) is 8.29. The molecule has 2 N–H and O–H groups in total. The van der Waals surface area contributed by atoms with Crippen LogP contribution >= 0.6 is 0 Å². The van der Waals surface area contributed by atoms with Gasteiger partial charge < -0.3 is 10.4 Å². The summed E-state index contributed by atoms with van der Waals surface area (Å²) in [6, 6.07) is 1.31. The molecular weight excluding hydrogens is 184 g/mol. The topological polar surface area (TPSA) is 71.3 Å². The molecule has 0 fully saturated rings. The minimum atomic E-state index is -0.407. The number of nitrogens with zero attached hydrogens (tertiary/aromatic N) is 1. The van der Waals surface area contributed by atoms with Crippen LogP contribution in [0.1, 0.15) is 15.9 Å². The van der Waals surface area contributed by atoms with Crippen molar-refractivity contribution >= 4 is 5.91 Å². The van der Waals surface area contributed by atoms with Gasteiger partial charge in [0.25, 0.3) is 11.5 Å². The Hall–Kier alpha value is -1.78. The SMILES string of the molecule is CNC(=O)c1c(C)cc(=O)n(C)c1O. The second-order valence-corrected chi connectivity index (χ2v) is 3.00.